The van der Waals surface area contributed by atoms with Crippen molar-refractivity contribution in [1.29, 1.82) is 0 Å². The standard InChI is InChI=1S/C17H35N3O/c1-13-5-7-20(8-6-13)12-16(21)10-18-17-9-15(3)19(4)11-14(17)2/h13-18,21H,5-12H2,1-4H3. The van der Waals surface area contributed by atoms with Gasteiger partial charge in [0.2, 0.25) is 0 Å². The van der Waals surface area contributed by atoms with Gasteiger partial charge in [0.05, 0.1) is 6.10 Å². The highest BCUT2D eigenvalue weighted by Gasteiger charge is 2.29. The van der Waals surface area contributed by atoms with Crippen molar-refractivity contribution in [2.45, 2.75) is 58.2 Å². The molecule has 2 rings (SSSR count). The zero-order valence-corrected chi connectivity index (χ0v) is 14.4. The van der Waals surface area contributed by atoms with E-state index in [1.807, 2.05) is 0 Å². The number of aliphatic hydroxyl groups is 1. The van der Waals surface area contributed by atoms with Crippen molar-refractivity contribution in [2.75, 3.05) is 39.8 Å². The van der Waals surface area contributed by atoms with E-state index in [4.69, 9.17) is 0 Å². The molecule has 0 aliphatic carbocycles. The van der Waals surface area contributed by atoms with Crippen LogP contribution in [-0.4, -0.2) is 72.9 Å². The third-order valence-electron chi connectivity index (χ3n) is 5.57. The van der Waals surface area contributed by atoms with Gasteiger partial charge in [-0.15, -0.1) is 0 Å². The predicted octanol–water partition coefficient (Wildman–Crippen LogP) is 1.40. The number of piperidine rings is 2. The van der Waals surface area contributed by atoms with Crippen LogP contribution < -0.4 is 5.32 Å². The molecule has 0 saturated carbocycles. The minimum atomic E-state index is -0.236. The number of likely N-dealkylation sites (tertiary alicyclic amines) is 2. The van der Waals surface area contributed by atoms with Gasteiger partial charge in [0.1, 0.15) is 0 Å². The molecule has 2 aliphatic heterocycles. The van der Waals surface area contributed by atoms with E-state index in [2.05, 4.69) is 42.9 Å². The minimum Gasteiger partial charge on any atom is -0.390 e. The first kappa shape index (κ1) is 17.2. The van der Waals surface area contributed by atoms with E-state index in [0.29, 0.717) is 18.0 Å². The van der Waals surface area contributed by atoms with Gasteiger partial charge >= 0.3 is 0 Å². The van der Waals surface area contributed by atoms with Crippen LogP contribution in [0.15, 0.2) is 0 Å². The number of nitrogens with one attached hydrogen (secondary N) is 1. The lowest BCUT2D eigenvalue weighted by atomic mass is 9.90. The van der Waals surface area contributed by atoms with Crippen LogP contribution in [0.25, 0.3) is 0 Å². The lowest BCUT2D eigenvalue weighted by Gasteiger charge is -2.40. The molecular weight excluding hydrogens is 262 g/mol. The average Bonchev–Trinajstić information content (AvgIpc) is 2.44. The van der Waals surface area contributed by atoms with Crippen LogP contribution in [0.2, 0.25) is 0 Å². The molecule has 124 valence electrons. The highest BCUT2D eigenvalue weighted by Crippen LogP contribution is 2.21. The summed E-state index contributed by atoms with van der Waals surface area (Å²) in [5.74, 6) is 1.52. The molecule has 2 saturated heterocycles. The molecule has 2 heterocycles. The fourth-order valence-corrected chi connectivity index (χ4v) is 3.72. The Hall–Kier alpha value is -0.160. The van der Waals surface area contributed by atoms with Crippen LogP contribution in [-0.2, 0) is 0 Å². The Labute approximate surface area is 130 Å². The Morgan fingerprint density at radius 3 is 2.52 bits per heavy atom. The first-order valence-corrected chi connectivity index (χ1v) is 8.79. The van der Waals surface area contributed by atoms with Crippen molar-refractivity contribution < 1.29 is 5.11 Å². The predicted molar refractivity (Wildman–Crippen MR) is 88.5 cm³/mol. The van der Waals surface area contributed by atoms with Crippen LogP contribution in [0.4, 0.5) is 0 Å². The van der Waals surface area contributed by atoms with Crippen LogP contribution in [0, 0.1) is 11.8 Å². The molecule has 0 amide bonds. The van der Waals surface area contributed by atoms with Gasteiger partial charge in [-0.3, -0.25) is 0 Å². The van der Waals surface area contributed by atoms with E-state index >= 15 is 0 Å². The average molecular weight is 297 g/mol. The molecule has 0 aromatic rings. The summed E-state index contributed by atoms with van der Waals surface area (Å²) in [6.07, 6.45) is 3.51. The molecule has 2 fully saturated rings. The van der Waals surface area contributed by atoms with Gasteiger partial charge in [-0.1, -0.05) is 13.8 Å². The topological polar surface area (TPSA) is 38.7 Å². The van der Waals surface area contributed by atoms with E-state index in [1.165, 1.54) is 19.3 Å². The van der Waals surface area contributed by atoms with Crippen LogP contribution in [0.5, 0.6) is 0 Å². The van der Waals surface area contributed by atoms with E-state index in [9.17, 15) is 5.11 Å². The summed E-state index contributed by atoms with van der Waals surface area (Å²) in [7, 11) is 2.21. The first-order valence-electron chi connectivity index (χ1n) is 8.79. The summed E-state index contributed by atoms with van der Waals surface area (Å²) < 4.78 is 0. The SMILES string of the molecule is CC1CCN(CC(O)CNC2CC(C)N(C)CC2C)CC1. The lowest BCUT2D eigenvalue weighted by molar-refractivity contribution is 0.0753. The van der Waals surface area contributed by atoms with E-state index < -0.39 is 0 Å². The second-order valence-corrected chi connectivity index (χ2v) is 7.65. The summed E-state index contributed by atoms with van der Waals surface area (Å²) in [5.41, 5.74) is 0. The number of hydrogen-bond donors (Lipinski definition) is 2. The number of aliphatic hydroxyl groups excluding tert-OH is 1. The second kappa shape index (κ2) is 7.91. The lowest BCUT2D eigenvalue weighted by Crippen LogP contribution is -2.53. The second-order valence-electron chi connectivity index (χ2n) is 7.65. The summed E-state index contributed by atoms with van der Waals surface area (Å²) in [4.78, 5) is 4.86. The van der Waals surface area contributed by atoms with Crippen molar-refractivity contribution >= 4 is 0 Å². The molecule has 0 spiro atoms. The molecule has 0 bridgehead atoms. The first-order chi connectivity index (χ1) is 9.95. The summed E-state index contributed by atoms with van der Waals surface area (Å²) in [5, 5.41) is 13.9. The van der Waals surface area contributed by atoms with Crippen molar-refractivity contribution in [3.8, 4) is 0 Å². The Kier molecular flexibility index (Phi) is 6.48. The van der Waals surface area contributed by atoms with Gasteiger partial charge in [0.25, 0.3) is 0 Å². The number of β-amino-alcohol motifs (C(OH)–C–C–N with tert-alkyl or cyclic N) is 1. The highest BCUT2D eigenvalue weighted by molar-refractivity contribution is 4.87. The molecular formula is C17H35N3O. The van der Waals surface area contributed by atoms with Gasteiger partial charge in [-0.2, -0.15) is 0 Å². The summed E-state index contributed by atoms with van der Waals surface area (Å²) in [6, 6.07) is 1.19. The Bertz CT molecular complexity index is 304. The van der Waals surface area contributed by atoms with Crippen molar-refractivity contribution in [3.63, 3.8) is 0 Å². The van der Waals surface area contributed by atoms with Gasteiger partial charge < -0.3 is 20.2 Å². The molecule has 2 N–H and O–H groups in total. The van der Waals surface area contributed by atoms with Crippen molar-refractivity contribution in [1.82, 2.24) is 15.1 Å². The van der Waals surface area contributed by atoms with Gasteiger partial charge in [0.15, 0.2) is 0 Å². The van der Waals surface area contributed by atoms with Gasteiger partial charge in [-0.25, -0.2) is 0 Å². The summed E-state index contributed by atoms with van der Waals surface area (Å²) >= 11 is 0. The molecule has 4 nitrogen and oxygen atoms in total. The van der Waals surface area contributed by atoms with Crippen molar-refractivity contribution in [2.24, 2.45) is 11.8 Å². The van der Waals surface area contributed by atoms with Gasteiger partial charge in [0, 0.05) is 31.7 Å². The van der Waals surface area contributed by atoms with Crippen LogP contribution in [0.1, 0.15) is 40.0 Å². The zero-order valence-electron chi connectivity index (χ0n) is 14.4. The quantitative estimate of drug-likeness (QED) is 0.804. The highest BCUT2D eigenvalue weighted by atomic mass is 16.3. The van der Waals surface area contributed by atoms with Crippen molar-refractivity contribution in [3.05, 3.63) is 0 Å². The van der Waals surface area contributed by atoms with E-state index in [-0.39, 0.29) is 6.10 Å². The molecule has 0 radical (unpaired) electrons. The molecule has 2 aliphatic rings. The number of rotatable bonds is 5. The molecule has 4 heteroatoms. The zero-order chi connectivity index (χ0) is 15.4. The monoisotopic (exact) mass is 297 g/mol. The van der Waals surface area contributed by atoms with E-state index in [1.54, 1.807) is 0 Å². The molecule has 21 heavy (non-hydrogen) atoms. The molecule has 0 aromatic heterocycles. The third kappa shape index (κ3) is 5.20. The van der Waals surface area contributed by atoms with Gasteiger partial charge in [-0.05, 0) is 58.2 Å². The molecule has 4 atom stereocenters. The normalized spacial score (nSPS) is 35.0. The fourth-order valence-electron chi connectivity index (χ4n) is 3.72. The smallest absolute Gasteiger partial charge is 0.0791 e. The summed E-state index contributed by atoms with van der Waals surface area (Å²) in [6.45, 7) is 12.0. The maximum atomic E-state index is 10.3. The van der Waals surface area contributed by atoms with E-state index in [0.717, 1.165) is 38.6 Å². The number of hydrogen-bond acceptors (Lipinski definition) is 4. The Morgan fingerprint density at radius 1 is 1.19 bits per heavy atom. The van der Waals surface area contributed by atoms with Crippen LogP contribution in [0.3, 0.4) is 0 Å². The Morgan fingerprint density at radius 2 is 1.86 bits per heavy atom. The largest absolute Gasteiger partial charge is 0.390 e. The number of nitrogens with zero attached hydrogens (tertiary/aromatic N) is 2. The minimum absolute atomic E-state index is 0.236. The third-order valence-corrected chi connectivity index (χ3v) is 5.57. The Balaban J connectivity index is 1.67. The maximum Gasteiger partial charge on any atom is 0.0791 e. The maximum absolute atomic E-state index is 10.3. The fraction of sp³-hybridized carbons (Fsp3) is 1.00. The molecule has 4 unspecified atom stereocenters. The van der Waals surface area contributed by atoms with Crippen LogP contribution >= 0.6 is 0 Å². The molecule has 0 aromatic carbocycles.